The Balaban J connectivity index is 1.15. The maximum absolute atomic E-state index is 13.6. The number of nitrogens with one attached hydrogen (secondary N) is 5. The first-order valence-corrected chi connectivity index (χ1v) is 19.5. The zero-order chi connectivity index (χ0) is 39.6. The number of urea groups is 1. The number of aromatic nitrogens is 4. The molecule has 2 aliphatic heterocycles. The molecule has 56 heavy (non-hydrogen) atoms. The topological polar surface area (TPSA) is 208 Å². The molecule has 2 saturated heterocycles. The predicted molar refractivity (Wildman–Crippen MR) is 211 cm³/mol. The highest BCUT2D eigenvalue weighted by Gasteiger charge is 2.47. The maximum Gasteiger partial charge on any atom is 0.314 e. The SMILES string of the molecule is CCNC(=O)[C@H]1O[C@@H](n2cnc3c(NCC(c4ccccc4)c4ccccc4)nc(C(=O)NCCNC(=O)NCCN4CCC(C(C)C)CC4)nc32)[C@@H](O)[C@@H]1O. The summed E-state index contributed by atoms with van der Waals surface area (Å²) in [5, 5.41) is 36.2. The van der Waals surface area contributed by atoms with Crippen LogP contribution >= 0.6 is 0 Å². The number of ether oxygens (including phenoxy) is 1. The summed E-state index contributed by atoms with van der Waals surface area (Å²) in [5.74, 6) is 0.250. The molecule has 4 aromatic rings. The van der Waals surface area contributed by atoms with Crippen molar-refractivity contribution in [3.8, 4) is 0 Å². The van der Waals surface area contributed by atoms with Crippen LogP contribution in [0.15, 0.2) is 67.0 Å². The number of benzene rings is 2. The molecule has 4 atom stereocenters. The second kappa shape index (κ2) is 19.1. The van der Waals surface area contributed by atoms with Gasteiger partial charge in [0.15, 0.2) is 29.3 Å². The Kier molecular flexibility index (Phi) is 13.8. The molecule has 300 valence electrons. The lowest BCUT2D eigenvalue weighted by molar-refractivity contribution is -0.137. The highest BCUT2D eigenvalue weighted by Crippen LogP contribution is 2.33. The molecule has 4 heterocycles. The van der Waals surface area contributed by atoms with E-state index < -0.39 is 36.4 Å². The first-order chi connectivity index (χ1) is 27.1. The molecular weight excluding hydrogens is 717 g/mol. The number of nitrogens with zero attached hydrogens (tertiary/aromatic N) is 5. The molecule has 0 saturated carbocycles. The smallest absolute Gasteiger partial charge is 0.314 e. The number of likely N-dealkylation sites (N-methyl/N-ethyl adjacent to an activating group) is 1. The average Bonchev–Trinajstić information content (AvgIpc) is 3.77. The third-order valence-electron chi connectivity index (χ3n) is 10.6. The van der Waals surface area contributed by atoms with Crippen LogP contribution in [-0.4, -0.2) is 123 Å². The summed E-state index contributed by atoms with van der Waals surface area (Å²) in [7, 11) is 0. The molecule has 0 unspecified atom stereocenters. The lowest BCUT2D eigenvalue weighted by Crippen LogP contribution is -2.44. The van der Waals surface area contributed by atoms with Crippen molar-refractivity contribution < 1.29 is 29.3 Å². The first kappa shape index (κ1) is 40.5. The molecule has 2 aromatic heterocycles. The van der Waals surface area contributed by atoms with E-state index in [9.17, 15) is 24.6 Å². The molecule has 0 spiro atoms. The summed E-state index contributed by atoms with van der Waals surface area (Å²) in [4.78, 5) is 54.7. The number of hydrogen-bond donors (Lipinski definition) is 7. The summed E-state index contributed by atoms with van der Waals surface area (Å²) in [5.41, 5.74) is 2.56. The molecule has 16 heteroatoms. The van der Waals surface area contributed by atoms with E-state index in [1.165, 1.54) is 23.7 Å². The quantitative estimate of drug-likeness (QED) is 0.0823. The third-order valence-corrected chi connectivity index (χ3v) is 10.6. The fourth-order valence-corrected chi connectivity index (χ4v) is 7.37. The number of aliphatic hydroxyl groups is 2. The molecule has 16 nitrogen and oxygen atoms in total. The largest absolute Gasteiger partial charge is 0.387 e. The monoisotopic (exact) mass is 770 g/mol. The second-order valence-electron chi connectivity index (χ2n) is 14.7. The van der Waals surface area contributed by atoms with Crippen molar-refractivity contribution in [3.05, 3.63) is 83.9 Å². The molecule has 2 aromatic carbocycles. The number of likely N-dealkylation sites (tertiary alicyclic amines) is 1. The van der Waals surface area contributed by atoms with E-state index in [0.29, 0.717) is 25.6 Å². The summed E-state index contributed by atoms with van der Waals surface area (Å²) in [6, 6.07) is 19.7. The Labute approximate surface area is 326 Å². The van der Waals surface area contributed by atoms with Crippen molar-refractivity contribution in [3.63, 3.8) is 0 Å². The van der Waals surface area contributed by atoms with E-state index in [1.54, 1.807) is 6.92 Å². The lowest BCUT2D eigenvalue weighted by Gasteiger charge is -2.33. The van der Waals surface area contributed by atoms with Crippen LogP contribution < -0.4 is 26.6 Å². The number of rotatable bonds is 16. The minimum absolute atomic E-state index is 0.0935. The number of fused-ring (bicyclic) bond motifs is 1. The fourth-order valence-electron chi connectivity index (χ4n) is 7.37. The van der Waals surface area contributed by atoms with Gasteiger partial charge in [-0.3, -0.25) is 14.2 Å². The number of anilines is 1. The normalized spacial score (nSPS) is 20.3. The van der Waals surface area contributed by atoms with Crippen LogP contribution in [0.1, 0.15) is 67.5 Å². The van der Waals surface area contributed by atoms with Crippen LogP contribution in [0.25, 0.3) is 11.2 Å². The van der Waals surface area contributed by atoms with Crippen molar-refractivity contribution in [2.75, 3.05) is 57.7 Å². The van der Waals surface area contributed by atoms with E-state index in [2.05, 4.69) is 60.3 Å². The van der Waals surface area contributed by atoms with Crippen molar-refractivity contribution >= 4 is 34.8 Å². The molecule has 0 radical (unpaired) electrons. The number of hydrogen-bond acceptors (Lipinski definition) is 11. The van der Waals surface area contributed by atoms with Gasteiger partial charge in [0.05, 0.1) is 6.33 Å². The number of carbonyl (C=O) groups excluding carboxylic acids is 3. The van der Waals surface area contributed by atoms with Gasteiger partial charge in [-0.15, -0.1) is 0 Å². The van der Waals surface area contributed by atoms with Crippen molar-refractivity contribution in [2.24, 2.45) is 11.8 Å². The lowest BCUT2D eigenvalue weighted by atomic mass is 9.87. The average molecular weight is 771 g/mol. The van der Waals surface area contributed by atoms with Gasteiger partial charge >= 0.3 is 6.03 Å². The van der Waals surface area contributed by atoms with Crippen LogP contribution in [0.5, 0.6) is 0 Å². The van der Waals surface area contributed by atoms with Gasteiger partial charge in [-0.1, -0.05) is 74.5 Å². The van der Waals surface area contributed by atoms with E-state index in [-0.39, 0.29) is 47.8 Å². The number of piperidine rings is 1. The number of carbonyl (C=O) groups is 3. The van der Waals surface area contributed by atoms with Crippen LogP contribution in [0.4, 0.5) is 10.6 Å². The Hall–Kier alpha value is -5.16. The summed E-state index contributed by atoms with van der Waals surface area (Å²) in [6.07, 6.45) is -1.86. The standard InChI is InChI=1S/C40H54N10O6/c1-4-41-37(53)33-31(51)32(52)39(56-33)50-24-46-30-34(45-23-29(27-11-7-5-8-12-27)28-13-9-6-10-14-28)47-35(48-36(30)50)38(54)42-17-18-43-40(55)44-19-22-49-20-15-26(16-21-49)25(2)3/h5-14,24-26,29,31-33,39,51-52H,4,15-23H2,1-3H3,(H,41,53)(H,42,54)(H2,43,44,55)(H,45,47,48)/t31-,32-,33-,39+/m0/s1. The molecule has 4 amide bonds. The molecule has 0 aliphatic carbocycles. The predicted octanol–water partition coefficient (Wildman–Crippen LogP) is 2.22. The minimum Gasteiger partial charge on any atom is -0.387 e. The zero-order valence-electron chi connectivity index (χ0n) is 32.2. The maximum atomic E-state index is 13.6. The molecule has 2 aliphatic rings. The molecule has 2 fully saturated rings. The van der Waals surface area contributed by atoms with E-state index >= 15 is 0 Å². The fraction of sp³-hybridized carbons (Fsp3) is 0.500. The van der Waals surface area contributed by atoms with Crippen molar-refractivity contribution in [1.29, 1.82) is 0 Å². The Morgan fingerprint density at radius 3 is 2.14 bits per heavy atom. The van der Waals surface area contributed by atoms with Crippen LogP contribution in [0.3, 0.4) is 0 Å². The Bertz CT molecular complexity index is 1860. The highest BCUT2D eigenvalue weighted by atomic mass is 16.6. The second-order valence-corrected chi connectivity index (χ2v) is 14.7. The molecular formula is C40H54N10O6. The molecule has 7 N–H and O–H groups in total. The van der Waals surface area contributed by atoms with E-state index in [4.69, 9.17) is 4.74 Å². The third kappa shape index (κ3) is 9.79. The van der Waals surface area contributed by atoms with Gasteiger partial charge in [0.1, 0.15) is 12.2 Å². The zero-order valence-corrected chi connectivity index (χ0v) is 32.2. The number of amides is 4. The van der Waals surface area contributed by atoms with Gasteiger partial charge in [-0.2, -0.15) is 0 Å². The van der Waals surface area contributed by atoms with Gasteiger partial charge in [-0.25, -0.2) is 19.7 Å². The first-order valence-electron chi connectivity index (χ1n) is 19.5. The van der Waals surface area contributed by atoms with E-state index in [1.807, 2.05) is 60.7 Å². The van der Waals surface area contributed by atoms with Gasteiger partial charge in [-0.05, 0) is 55.8 Å². The minimum atomic E-state index is -1.52. The number of aliphatic hydroxyl groups excluding tert-OH is 2. The Morgan fingerprint density at radius 2 is 1.50 bits per heavy atom. The van der Waals surface area contributed by atoms with Crippen LogP contribution in [0.2, 0.25) is 0 Å². The highest BCUT2D eigenvalue weighted by molar-refractivity contribution is 5.94. The molecule has 0 bridgehead atoms. The van der Waals surface area contributed by atoms with Crippen molar-refractivity contribution in [2.45, 2.75) is 64.1 Å². The van der Waals surface area contributed by atoms with Gasteiger partial charge in [0.2, 0.25) is 5.82 Å². The summed E-state index contributed by atoms with van der Waals surface area (Å²) < 4.78 is 7.25. The van der Waals surface area contributed by atoms with E-state index in [0.717, 1.165) is 36.7 Å². The van der Waals surface area contributed by atoms with Crippen LogP contribution in [0, 0.1) is 11.8 Å². The number of imidazole rings is 1. The van der Waals surface area contributed by atoms with Crippen molar-refractivity contribution in [1.82, 2.24) is 45.7 Å². The van der Waals surface area contributed by atoms with Crippen LogP contribution in [-0.2, 0) is 9.53 Å². The Morgan fingerprint density at radius 1 is 0.857 bits per heavy atom. The summed E-state index contributed by atoms with van der Waals surface area (Å²) >= 11 is 0. The molecule has 6 rings (SSSR count). The van der Waals surface area contributed by atoms with Gasteiger partial charge in [0, 0.05) is 45.2 Å². The van der Waals surface area contributed by atoms with Gasteiger partial charge in [0.25, 0.3) is 11.8 Å². The van der Waals surface area contributed by atoms with Gasteiger partial charge < -0.3 is 46.4 Å². The summed E-state index contributed by atoms with van der Waals surface area (Å²) in [6.45, 7) is 10.6.